The first-order valence-corrected chi connectivity index (χ1v) is 18.1. The summed E-state index contributed by atoms with van der Waals surface area (Å²) in [7, 11) is -4.11. The number of carboxylic acids is 1. The monoisotopic (exact) mass is 713 g/mol. The Morgan fingerprint density at radius 3 is 2.16 bits per heavy atom. The van der Waals surface area contributed by atoms with E-state index in [9.17, 15) is 27.9 Å². The van der Waals surface area contributed by atoms with Gasteiger partial charge in [0.05, 0.1) is 10.9 Å². The zero-order valence-corrected chi connectivity index (χ0v) is 30.1. The average Bonchev–Trinajstić information content (AvgIpc) is 3.42. The molecule has 3 aromatic carbocycles. The molecule has 0 aliphatic carbocycles. The summed E-state index contributed by atoms with van der Waals surface area (Å²) in [6, 6.07) is 19.8. The number of benzene rings is 3. The third kappa shape index (κ3) is 7.99. The van der Waals surface area contributed by atoms with Crippen LogP contribution < -0.4 is 26.1 Å². The molecule has 1 atom stereocenters. The summed E-state index contributed by atoms with van der Waals surface area (Å²) in [5.41, 5.74) is 9.10. The van der Waals surface area contributed by atoms with Gasteiger partial charge >= 0.3 is 5.97 Å². The fraction of sp³-hybridized carbons (Fsp3) is 0.316. The molecular formula is C38H43N5O7S. The molecule has 0 unspecified atom stereocenters. The number of fused-ring (bicyclic) bond motifs is 1. The number of ether oxygens (including phenoxy) is 1. The Balaban J connectivity index is 1.26. The van der Waals surface area contributed by atoms with Crippen LogP contribution in [-0.2, 0) is 21.2 Å². The molecule has 1 aromatic heterocycles. The molecule has 268 valence electrons. The van der Waals surface area contributed by atoms with Crippen LogP contribution >= 0.6 is 0 Å². The van der Waals surface area contributed by atoms with Gasteiger partial charge in [-0.15, -0.1) is 0 Å². The van der Waals surface area contributed by atoms with E-state index in [0.717, 1.165) is 22.3 Å². The minimum absolute atomic E-state index is 0.0226. The van der Waals surface area contributed by atoms with Crippen LogP contribution in [0.1, 0.15) is 76.5 Å². The number of guanidine groups is 1. The maximum absolute atomic E-state index is 13.7. The SMILES string of the molecule is Cc1c(C)c(S(=O)(=O)NC(N)=NCCC[C@H](NC(=O)c2cccn(C(c3ccccc3)c3ccccc3)c2=O)C(=O)O)c(C)c2c1OC(C)(C)C2. The van der Waals surface area contributed by atoms with Crippen molar-refractivity contribution in [2.75, 3.05) is 6.54 Å². The minimum Gasteiger partial charge on any atom is -0.487 e. The molecular weight excluding hydrogens is 671 g/mol. The fourth-order valence-electron chi connectivity index (χ4n) is 6.53. The number of aliphatic carboxylic acids is 1. The number of aliphatic imine (C=N–C) groups is 1. The maximum Gasteiger partial charge on any atom is 0.326 e. The van der Waals surface area contributed by atoms with Crippen molar-refractivity contribution in [1.29, 1.82) is 0 Å². The van der Waals surface area contributed by atoms with E-state index >= 15 is 0 Å². The number of nitrogens with zero attached hydrogens (tertiary/aromatic N) is 2. The molecule has 0 saturated heterocycles. The topological polar surface area (TPSA) is 182 Å². The van der Waals surface area contributed by atoms with Crippen molar-refractivity contribution in [3.05, 3.63) is 128 Å². The number of carbonyl (C=O) groups excluding carboxylic acids is 1. The predicted molar refractivity (Wildman–Crippen MR) is 195 cm³/mol. The molecule has 0 radical (unpaired) electrons. The van der Waals surface area contributed by atoms with Gasteiger partial charge in [-0.25, -0.2) is 17.9 Å². The van der Waals surface area contributed by atoms with Crippen LogP contribution in [-0.4, -0.2) is 54.1 Å². The Kier molecular flexibility index (Phi) is 10.7. The van der Waals surface area contributed by atoms with E-state index in [1.54, 1.807) is 26.1 Å². The lowest BCUT2D eigenvalue weighted by molar-refractivity contribution is -0.139. The standard InChI is InChI=1S/C38H43N5O7S/c1-23-24(2)33(25(3)29-22-38(4,5)50-32(23)29)51(48,49)42-37(39)40-20-12-19-30(36(46)47)41-34(44)28-18-13-21-43(35(28)45)31(26-14-8-6-9-15-26)27-16-10-7-11-17-27/h6-11,13-18,21,30-31H,12,19-20,22H2,1-5H3,(H,41,44)(H,46,47)(H3,39,40,42)/t30-/m0/s1. The molecule has 0 fully saturated rings. The van der Waals surface area contributed by atoms with E-state index in [0.29, 0.717) is 23.3 Å². The Bertz CT molecular complexity index is 2110. The molecule has 1 aliphatic heterocycles. The molecule has 4 aromatic rings. The number of hydrogen-bond donors (Lipinski definition) is 4. The van der Waals surface area contributed by atoms with Gasteiger partial charge in [0.1, 0.15) is 23.0 Å². The second-order valence-electron chi connectivity index (χ2n) is 13.3. The number of rotatable bonds is 12. The van der Waals surface area contributed by atoms with Crippen molar-refractivity contribution in [2.24, 2.45) is 10.7 Å². The normalized spacial score (nSPS) is 14.4. The van der Waals surface area contributed by atoms with Crippen LogP contribution in [0, 0.1) is 20.8 Å². The number of nitrogens with one attached hydrogen (secondary N) is 2. The highest BCUT2D eigenvalue weighted by molar-refractivity contribution is 7.90. The number of pyridine rings is 1. The Morgan fingerprint density at radius 2 is 1.57 bits per heavy atom. The number of carbonyl (C=O) groups is 2. The molecule has 5 N–H and O–H groups in total. The van der Waals surface area contributed by atoms with Gasteiger partial charge < -0.3 is 25.5 Å². The lowest BCUT2D eigenvalue weighted by Gasteiger charge is -2.22. The van der Waals surface area contributed by atoms with Gasteiger partial charge in [-0.05, 0) is 87.4 Å². The van der Waals surface area contributed by atoms with Crippen molar-refractivity contribution >= 4 is 27.9 Å². The summed E-state index contributed by atoms with van der Waals surface area (Å²) in [5, 5.41) is 12.3. The number of carboxylic acid groups (broad SMARTS) is 1. The van der Waals surface area contributed by atoms with Crippen LogP contribution in [0.5, 0.6) is 5.75 Å². The zero-order valence-electron chi connectivity index (χ0n) is 29.3. The van der Waals surface area contributed by atoms with Crippen LogP contribution in [0.2, 0.25) is 0 Å². The Labute approximate surface area is 297 Å². The fourth-order valence-corrected chi connectivity index (χ4v) is 8.05. The zero-order chi connectivity index (χ0) is 37.1. The molecule has 5 rings (SSSR count). The van der Waals surface area contributed by atoms with Gasteiger partial charge in [0, 0.05) is 24.7 Å². The molecule has 12 nitrogen and oxygen atoms in total. The third-order valence-corrected chi connectivity index (χ3v) is 10.7. The summed E-state index contributed by atoms with van der Waals surface area (Å²) in [6.45, 7) is 9.16. The lowest BCUT2D eigenvalue weighted by atomic mass is 9.94. The Hall–Kier alpha value is -5.43. The van der Waals surface area contributed by atoms with Gasteiger partial charge in [0.25, 0.3) is 21.5 Å². The van der Waals surface area contributed by atoms with Crippen molar-refractivity contribution in [2.45, 2.75) is 76.5 Å². The minimum atomic E-state index is -4.11. The number of hydrogen-bond acceptors (Lipinski definition) is 7. The molecule has 1 aliphatic rings. The maximum atomic E-state index is 13.7. The second-order valence-corrected chi connectivity index (χ2v) is 14.9. The largest absolute Gasteiger partial charge is 0.487 e. The van der Waals surface area contributed by atoms with E-state index in [-0.39, 0.29) is 35.8 Å². The van der Waals surface area contributed by atoms with E-state index in [1.807, 2.05) is 81.4 Å². The first kappa shape index (κ1) is 36.8. The lowest BCUT2D eigenvalue weighted by Crippen LogP contribution is -2.43. The van der Waals surface area contributed by atoms with Gasteiger partial charge in [0.2, 0.25) is 5.96 Å². The Morgan fingerprint density at radius 1 is 0.961 bits per heavy atom. The summed E-state index contributed by atoms with van der Waals surface area (Å²) in [5.74, 6) is -1.77. The summed E-state index contributed by atoms with van der Waals surface area (Å²) in [6.07, 6.45) is 2.24. The summed E-state index contributed by atoms with van der Waals surface area (Å²) < 4.78 is 36.8. The first-order chi connectivity index (χ1) is 24.1. The van der Waals surface area contributed by atoms with Crippen molar-refractivity contribution in [1.82, 2.24) is 14.6 Å². The van der Waals surface area contributed by atoms with Gasteiger partial charge in [-0.1, -0.05) is 60.7 Å². The molecule has 0 spiro atoms. The predicted octanol–water partition coefficient (Wildman–Crippen LogP) is 4.38. The van der Waals surface area contributed by atoms with Gasteiger partial charge in [-0.3, -0.25) is 14.6 Å². The summed E-state index contributed by atoms with van der Waals surface area (Å²) in [4.78, 5) is 43.4. The van der Waals surface area contributed by atoms with E-state index in [1.165, 1.54) is 10.6 Å². The van der Waals surface area contributed by atoms with E-state index < -0.39 is 45.1 Å². The van der Waals surface area contributed by atoms with Crippen LogP contribution in [0.25, 0.3) is 0 Å². The summed E-state index contributed by atoms with van der Waals surface area (Å²) >= 11 is 0. The van der Waals surface area contributed by atoms with E-state index in [4.69, 9.17) is 10.5 Å². The smallest absolute Gasteiger partial charge is 0.326 e. The van der Waals surface area contributed by atoms with Crippen molar-refractivity contribution in [3.63, 3.8) is 0 Å². The molecule has 2 heterocycles. The van der Waals surface area contributed by atoms with Crippen molar-refractivity contribution in [3.8, 4) is 5.75 Å². The van der Waals surface area contributed by atoms with Crippen LogP contribution in [0.15, 0.2) is 93.7 Å². The highest BCUT2D eigenvalue weighted by Crippen LogP contribution is 2.43. The first-order valence-electron chi connectivity index (χ1n) is 16.6. The van der Waals surface area contributed by atoms with Gasteiger partial charge in [-0.2, -0.15) is 0 Å². The van der Waals surface area contributed by atoms with Crippen molar-refractivity contribution < 1.29 is 27.9 Å². The molecule has 0 saturated carbocycles. The highest BCUT2D eigenvalue weighted by atomic mass is 32.2. The number of aromatic nitrogens is 1. The van der Waals surface area contributed by atoms with Gasteiger partial charge in [0.15, 0.2) is 0 Å². The highest BCUT2D eigenvalue weighted by Gasteiger charge is 2.36. The molecule has 13 heteroatoms. The third-order valence-electron chi connectivity index (χ3n) is 9.06. The number of nitrogens with two attached hydrogens (primary N) is 1. The number of sulfonamides is 1. The average molecular weight is 714 g/mol. The number of amides is 1. The quantitative estimate of drug-likeness (QED) is 0.0948. The van der Waals surface area contributed by atoms with Crippen LogP contribution in [0.4, 0.5) is 0 Å². The molecule has 1 amide bonds. The molecule has 0 bridgehead atoms. The van der Waals surface area contributed by atoms with E-state index in [2.05, 4.69) is 15.0 Å². The second kappa shape index (κ2) is 14.8. The van der Waals surface area contributed by atoms with Crippen LogP contribution in [0.3, 0.4) is 0 Å². The molecule has 51 heavy (non-hydrogen) atoms.